The predicted molar refractivity (Wildman–Crippen MR) is 141 cm³/mol. The molecule has 4 amide bonds. The Hall–Kier alpha value is -4.08. The van der Waals surface area contributed by atoms with E-state index in [1.165, 1.54) is 12.0 Å². The Kier molecular flexibility index (Phi) is 8.27. The highest BCUT2D eigenvalue weighted by atomic mass is 16.3. The van der Waals surface area contributed by atoms with Crippen LogP contribution in [0.5, 0.6) is 0 Å². The number of benzene rings is 1. The highest BCUT2D eigenvalue weighted by Crippen LogP contribution is 2.35. The number of H-pyrrole nitrogens is 1. The van der Waals surface area contributed by atoms with E-state index in [1.54, 1.807) is 6.07 Å². The third-order valence-corrected chi connectivity index (χ3v) is 6.68. The minimum atomic E-state index is -0.810. The molecule has 0 atom stereocenters. The Morgan fingerprint density at radius 1 is 1.05 bits per heavy atom. The molecule has 1 aliphatic rings. The topological polar surface area (TPSA) is 169 Å². The smallest absolute Gasteiger partial charge is 0.324 e. The number of nitrogens with one attached hydrogen (secondary N) is 3. The summed E-state index contributed by atoms with van der Waals surface area (Å²) in [4.78, 5) is 43.8. The number of amides is 4. The van der Waals surface area contributed by atoms with E-state index in [4.69, 9.17) is 15.9 Å². The van der Waals surface area contributed by atoms with Crippen molar-refractivity contribution in [1.82, 2.24) is 9.97 Å². The molecule has 0 saturated heterocycles. The molecule has 3 aromatic rings. The number of rotatable bonds is 10. The number of aromatic amines is 1. The summed E-state index contributed by atoms with van der Waals surface area (Å²) in [7, 11) is 0. The number of carbonyl (C=O) groups excluding carboxylic acids is 3. The van der Waals surface area contributed by atoms with E-state index in [0.29, 0.717) is 17.3 Å². The SMILES string of the molecule is CCCCc1ccc(NC(=O)Nc2[nH]c(Cc3oc(C4CCCCC4)cc3C(N)=O)nc2C(N)=O)cc1. The number of nitrogens with two attached hydrogens (primary N) is 2. The number of aryl methyl sites for hydroxylation is 1. The fourth-order valence-electron chi connectivity index (χ4n) is 4.72. The highest BCUT2D eigenvalue weighted by Gasteiger charge is 2.25. The monoisotopic (exact) mass is 506 g/mol. The molecule has 196 valence electrons. The first-order chi connectivity index (χ1) is 17.8. The lowest BCUT2D eigenvalue weighted by molar-refractivity contribution is 0.0988. The third kappa shape index (κ3) is 6.58. The number of aromatic nitrogens is 2. The number of hydrogen-bond acceptors (Lipinski definition) is 5. The minimum Gasteiger partial charge on any atom is -0.464 e. The maximum atomic E-state index is 12.6. The second-order valence-corrected chi connectivity index (χ2v) is 9.51. The molecule has 10 nitrogen and oxygen atoms in total. The molecule has 1 aliphatic carbocycles. The molecule has 2 heterocycles. The van der Waals surface area contributed by atoms with Crippen LogP contribution in [-0.4, -0.2) is 27.8 Å². The maximum absolute atomic E-state index is 12.6. The molecule has 1 aromatic carbocycles. The zero-order valence-corrected chi connectivity index (χ0v) is 21.1. The van der Waals surface area contributed by atoms with Crippen LogP contribution in [0, 0.1) is 0 Å². The van der Waals surface area contributed by atoms with Crippen molar-refractivity contribution in [2.24, 2.45) is 11.5 Å². The highest BCUT2D eigenvalue weighted by molar-refractivity contribution is 6.04. The summed E-state index contributed by atoms with van der Waals surface area (Å²) in [6, 6.07) is 8.74. The van der Waals surface area contributed by atoms with E-state index in [0.717, 1.165) is 50.7 Å². The van der Waals surface area contributed by atoms with Gasteiger partial charge < -0.3 is 26.2 Å². The van der Waals surface area contributed by atoms with Gasteiger partial charge in [0.15, 0.2) is 5.69 Å². The van der Waals surface area contributed by atoms with Crippen molar-refractivity contribution in [3.05, 3.63) is 64.5 Å². The first-order valence-electron chi connectivity index (χ1n) is 12.8. The van der Waals surface area contributed by atoms with Gasteiger partial charge in [0.25, 0.3) is 11.8 Å². The first-order valence-corrected chi connectivity index (χ1v) is 12.8. The van der Waals surface area contributed by atoms with Crippen molar-refractivity contribution < 1.29 is 18.8 Å². The first kappa shape index (κ1) is 26.0. The molecule has 1 saturated carbocycles. The molecule has 2 aromatic heterocycles. The minimum absolute atomic E-state index is 0.0549. The summed E-state index contributed by atoms with van der Waals surface area (Å²) in [5, 5.41) is 5.33. The second kappa shape index (κ2) is 11.8. The molecule has 0 unspecified atom stereocenters. The molecule has 0 spiro atoms. The average molecular weight is 507 g/mol. The molecule has 0 aliphatic heterocycles. The number of anilines is 2. The van der Waals surface area contributed by atoms with Gasteiger partial charge in [-0.15, -0.1) is 0 Å². The quantitative estimate of drug-likeness (QED) is 0.265. The van der Waals surface area contributed by atoms with Gasteiger partial charge in [-0.1, -0.05) is 44.7 Å². The average Bonchev–Trinajstić information content (AvgIpc) is 3.48. The lowest BCUT2D eigenvalue weighted by Crippen LogP contribution is -2.22. The van der Waals surface area contributed by atoms with Gasteiger partial charge in [0.05, 0.1) is 12.0 Å². The van der Waals surface area contributed by atoms with Gasteiger partial charge in [0, 0.05) is 11.6 Å². The molecule has 7 N–H and O–H groups in total. The molecular formula is C27H34N6O4. The zero-order chi connectivity index (χ0) is 26.4. The molecule has 37 heavy (non-hydrogen) atoms. The molecule has 0 radical (unpaired) electrons. The van der Waals surface area contributed by atoms with Crippen LogP contribution in [0.4, 0.5) is 16.3 Å². The van der Waals surface area contributed by atoms with Gasteiger partial charge in [-0.05, 0) is 49.4 Å². The van der Waals surface area contributed by atoms with Gasteiger partial charge in [-0.2, -0.15) is 0 Å². The number of urea groups is 1. The van der Waals surface area contributed by atoms with E-state index in [9.17, 15) is 14.4 Å². The van der Waals surface area contributed by atoms with Crippen LogP contribution in [0.2, 0.25) is 0 Å². The fourth-order valence-corrected chi connectivity index (χ4v) is 4.72. The lowest BCUT2D eigenvalue weighted by Gasteiger charge is -2.19. The van der Waals surface area contributed by atoms with E-state index in [1.807, 2.05) is 24.3 Å². The molecule has 1 fully saturated rings. The number of primary amides is 2. The number of carbonyl (C=O) groups is 3. The second-order valence-electron chi connectivity index (χ2n) is 9.51. The number of nitrogens with zero attached hydrogens (tertiary/aromatic N) is 1. The van der Waals surface area contributed by atoms with Crippen LogP contribution in [0.25, 0.3) is 0 Å². The number of unbranched alkanes of at least 4 members (excludes halogenated alkanes) is 1. The number of imidazole rings is 1. The summed E-state index contributed by atoms with van der Waals surface area (Å²) in [6.45, 7) is 2.14. The Morgan fingerprint density at radius 2 is 1.78 bits per heavy atom. The van der Waals surface area contributed by atoms with Gasteiger partial charge in [0.2, 0.25) is 0 Å². The summed E-state index contributed by atoms with van der Waals surface area (Å²) in [6.07, 6.45) is 8.71. The summed E-state index contributed by atoms with van der Waals surface area (Å²) in [5.41, 5.74) is 13.1. The molecule has 0 bridgehead atoms. The number of furan rings is 1. The van der Waals surface area contributed by atoms with Crippen molar-refractivity contribution in [2.45, 2.75) is 70.6 Å². The van der Waals surface area contributed by atoms with Crippen molar-refractivity contribution in [3.8, 4) is 0 Å². The summed E-state index contributed by atoms with van der Waals surface area (Å²) >= 11 is 0. The largest absolute Gasteiger partial charge is 0.464 e. The fraction of sp³-hybridized carbons (Fsp3) is 0.407. The van der Waals surface area contributed by atoms with Crippen molar-refractivity contribution in [2.75, 3.05) is 10.6 Å². The maximum Gasteiger partial charge on any atom is 0.324 e. The van der Waals surface area contributed by atoms with Crippen LogP contribution < -0.4 is 22.1 Å². The van der Waals surface area contributed by atoms with Crippen molar-refractivity contribution in [3.63, 3.8) is 0 Å². The van der Waals surface area contributed by atoms with E-state index < -0.39 is 17.8 Å². The van der Waals surface area contributed by atoms with Crippen LogP contribution in [0.3, 0.4) is 0 Å². The van der Waals surface area contributed by atoms with E-state index >= 15 is 0 Å². The Labute approximate surface area is 215 Å². The van der Waals surface area contributed by atoms with Gasteiger partial charge in [0.1, 0.15) is 23.2 Å². The van der Waals surface area contributed by atoms with E-state index in [-0.39, 0.29) is 29.4 Å². The van der Waals surface area contributed by atoms with Gasteiger partial charge >= 0.3 is 6.03 Å². The molecule has 4 rings (SSSR count). The van der Waals surface area contributed by atoms with Crippen LogP contribution in [0.1, 0.15) is 102 Å². The summed E-state index contributed by atoms with van der Waals surface area (Å²) < 4.78 is 6.05. The van der Waals surface area contributed by atoms with Crippen LogP contribution >= 0.6 is 0 Å². The standard InChI is InChI=1S/C27H34N6O4/c1-2-3-7-16-10-12-18(13-11-16)30-27(36)33-26-23(25(29)35)31-22(32-26)15-21-19(24(28)34)14-20(37-21)17-8-5-4-6-9-17/h10-14,17H,2-9,15H2,1H3,(H2,28,34)(H2,29,35)(H,31,32)(H2,30,33,36). The van der Waals surface area contributed by atoms with Crippen molar-refractivity contribution >= 4 is 29.4 Å². The van der Waals surface area contributed by atoms with Crippen LogP contribution in [-0.2, 0) is 12.8 Å². The van der Waals surface area contributed by atoms with E-state index in [2.05, 4.69) is 27.5 Å². The van der Waals surface area contributed by atoms with Gasteiger partial charge in [-0.25, -0.2) is 9.78 Å². The third-order valence-electron chi connectivity index (χ3n) is 6.68. The van der Waals surface area contributed by atoms with Crippen LogP contribution in [0.15, 0.2) is 34.7 Å². The number of hydrogen-bond donors (Lipinski definition) is 5. The Morgan fingerprint density at radius 3 is 2.43 bits per heavy atom. The zero-order valence-electron chi connectivity index (χ0n) is 21.1. The molecule has 10 heteroatoms. The Balaban J connectivity index is 1.48. The van der Waals surface area contributed by atoms with Gasteiger partial charge in [-0.3, -0.25) is 14.9 Å². The molecular weight excluding hydrogens is 472 g/mol. The lowest BCUT2D eigenvalue weighted by atomic mass is 9.87. The summed E-state index contributed by atoms with van der Waals surface area (Å²) in [5.74, 6) is 0.299. The normalized spacial score (nSPS) is 13.9. The predicted octanol–water partition coefficient (Wildman–Crippen LogP) is 4.83. The Bertz CT molecular complexity index is 1250. The van der Waals surface area contributed by atoms with Crippen molar-refractivity contribution in [1.29, 1.82) is 0 Å².